The Morgan fingerprint density at radius 1 is 0.750 bits per heavy atom. The molecule has 0 radical (unpaired) electrons. The van der Waals surface area contributed by atoms with E-state index in [-0.39, 0.29) is 0 Å². The highest BCUT2D eigenvalue weighted by Gasteiger charge is 2.12. The topological polar surface area (TPSA) is 24.0 Å². The summed E-state index contributed by atoms with van der Waals surface area (Å²) in [7, 11) is 0. The molecule has 0 unspecified atom stereocenters. The van der Waals surface area contributed by atoms with Crippen LogP contribution in [-0.4, -0.2) is 9.55 Å². The Kier molecular flexibility index (Phi) is 3.89. The van der Waals surface area contributed by atoms with E-state index in [4.69, 9.17) is 12.2 Å². The van der Waals surface area contributed by atoms with Crippen molar-refractivity contribution in [2.24, 2.45) is 0 Å². The number of hydrogen-bond donors (Lipinski definition) is 1. The normalized spacial score (nSPS) is 10.8. The minimum atomic E-state index is 0.650. The van der Waals surface area contributed by atoms with Crippen LogP contribution in [0.15, 0.2) is 84.9 Å². The van der Waals surface area contributed by atoms with Crippen molar-refractivity contribution in [1.82, 2.24) is 9.55 Å². The average molecular weight is 331 g/mol. The van der Waals surface area contributed by atoms with Gasteiger partial charge in [-0.2, -0.15) is 0 Å². The number of rotatable bonds is 4. The predicted octanol–water partition coefficient (Wildman–Crippen LogP) is 5.49. The molecule has 0 bridgehead atoms. The molecule has 4 rings (SSSR count). The summed E-state index contributed by atoms with van der Waals surface area (Å²) in [6.07, 6.45) is 0. The molecular formula is C20H17N3S. The highest BCUT2D eigenvalue weighted by atomic mass is 32.1. The molecule has 0 spiro atoms. The lowest BCUT2D eigenvalue weighted by Crippen LogP contribution is -2.21. The quantitative estimate of drug-likeness (QED) is 0.500. The van der Waals surface area contributed by atoms with E-state index in [1.54, 1.807) is 0 Å². The van der Waals surface area contributed by atoms with Crippen LogP contribution in [0.5, 0.6) is 0 Å². The number of imidazole rings is 1. The second-order valence-electron chi connectivity index (χ2n) is 5.62. The minimum Gasteiger partial charge on any atom is -0.331 e. The van der Waals surface area contributed by atoms with E-state index in [1.807, 2.05) is 24.3 Å². The van der Waals surface area contributed by atoms with E-state index in [1.165, 1.54) is 0 Å². The Balaban J connectivity index is 1.83. The summed E-state index contributed by atoms with van der Waals surface area (Å²) in [5.41, 5.74) is 4.44. The van der Waals surface area contributed by atoms with Crippen LogP contribution in [0.3, 0.4) is 0 Å². The van der Waals surface area contributed by atoms with Gasteiger partial charge in [-0.25, -0.2) is 0 Å². The van der Waals surface area contributed by atoms with Gasteiger partial charge in [0.2, 0.25) is 0 Å². The second-order valence-corrected chi connectivity index (χ2v) is 6.00. The third-order valence-electron chi connectivity index (χ3n) is 4.10. The summed E-state index contributed by atoms with van der Waals surface area (Å²) in [5.74, 6) is 0. The second kappa shape index (κ2) is 6.34. The van der Waals surface area contributed by atoms with E-state index in [0.29, 0.717) is 6.67 Å². The highest BCUT2D eigenvalue weighted by Crippen LogP contribution is 2.27. The molecule has 0 saturated heterocycles. The molecule has 118 valence electrons. The maximum absolute atomic E-state index is 5.55. The van der Waals surface area contributed by atoms with Gasteiger partial charge in [0.25, 0.3) is 0 Å². The SMILES string of the molecule is S=c1[nH]c2ccccc2n1CN(c1ccccc1)c1ccccc1. The fourth-order valence-corrected chi connectivity index (χ4v) is 3.18. The van der Waals surface area contributed by atoms with E-state index in [2.05, 4.69) is 75.1 Å². The summed E-state index contributed by atoms with van der Waals surface area (Å²) >= 11 is 5.55. The predicted molar refractivity (Wildman–Crippen MR) is 102 cm³/mol. The highest BCUT2D eigenvalue weighted by molar-refractivity contribution is 7.71. The van der Waals surface area contributed by atoms with Gasteiger partial charge in [0, 0.05) is 11.4 Å². The molecule has 1 heterocycles. The number of aromatic nitrogens is 2. The van der Waals surface area contributed by atoms with Gasteiger partial charge in [0.15, 0.2) is 4.77 Å². The van der Waals surface area contributed by atoms with Gasteiger partial charge < -0.3 is 9.88 Å². The van der Waals surface area contributed by atoms with Gasteiger partial charge in [-0.15, -0.1) is 0 Å². The maximum Gasteiger partial charge on any atom is 0.179 e. The molecule has 0 aliphatic rings. The maximum atomic E-state index is 5.55. The van der Waals surface area contributed by atoms with Crippen molar-refractivity contribution in [2.45, 2.75) is 6.67 Å². The van der Waals surface area contributed by atoms with Crippen molar-refractivity contribution in [2.75, 3.05) is 4.90 Å². The first kappa shape index (κ1) is 14.7. The van der Waals surface area contributed by atoms with E-state index in [9.17, 15) is 0 Å². The zero-order valence-electron chi connectivity index (χ0n) is 13.1. The molecule has 0 aliphatic heterocycles. The molecule has 0 aliphatic carbocycles. The number of anilines is 2. The van der Waals surface area contributed by atoms with Gasteiger partial charge in [-0.05, 0) is 48.6 Å². The fourth-order valence-electron chi connectivity index (χ4n) is 2.92. The lowest BCUT2D eigenvalue weighted by molar-refractivity contribution is 0.717. The first-order valence-electron chi connectivity index (χ1n) is 7.88. The van der Waals surface area contributed by atoms with Gasteiger partial charge in [-0.1, -0.05) is 48.5 Å². The first-order valence-corrected chi connectivity index (χ1v) is 8.29. The van der Waals surface area contributed by atoms with Gasteiger partial charge in [-0.3, -0.25) is 4.57 Å². The molecule has 1 N–H and O–H groups in total. The molecule has 0 amide bonds. The number of nitrogens with zero attached hydrogens (tertiary/aromatic N) is 2. The summed E-state index contributed by atoms with van der Waals surface area (Å²) in [5, 5.41) is 0. The monoisotopic (exact) mass is 331 g/mol. The fraction of sp³-hybridized carbons (Fsp3) is 0.0500. The van der Waals surface area contributed by atoms with Crippen molar-refractivity contribution in [1.29, 1.82) is 0 Å². The van der Waals surface area contributed by atoms with E-state index in [0.717, 1.165) is 27.2 Å². The largest absolute Gasteiger partial charge is 0.331 e. The summed E-state index contributed by atoms with van der Waals surface area (Å²) in [6, 6.07) is 29.0. The van der Waals surface area contributed by atoms with Crippen molar-refractivity contribution < 1.29 is 0 Å². The van der Waals surface area contributed by atoms with Gasteiger partial charge in [0.1, 0.15) is 6.67 Å². The molecule has 1 aromatic heterocycles. The zero-order chi connectivity index (χ0) is 16.4. The molecule has 4 aromatic rings. The molecule has 3 nitrogen and oxygen atoms in total. The van der Waals surface area contributed by atoms with E-state index >= 15 is 0 Å². The van der Waals surface area contributed by atoms with Crippen LogP contribution >= 0.6 is 12.2 Å². The molecule has 0 fully saturated rings. The van der Waals surface area contributed by atoms with Crippen LogP contribution in [0.1, 0.15) is 0 Å². The van der Waals surface area contributed by atoms with Crippen LogP contribution < -0.4 is 4.90 Å². The summed E-state index contributed by atoms with van der Waals surface area (Å²) < 4.78 is 2.86. The Morgan fingerprint density at radius 2 is 1.29 bits per heavy atom. The summed E-state index contributed by atoms with van der Waals surface area (Å²) in [4.78, 5) is 5.55. The minimum absolute atomic E-state index is 0.650. The number of hydrogen-bond acceptors (Lipinski definition) is 2. The van der Waals surface area contributed by atoms with Gasteiger partial charge >= 0.3 is 0 Å². The Labute approximate surface area is 145 Å². The number of para-hydroxylation sites is 4. The van der Waals surface area contributed by atoms with Crippen LogP contribution in [0.2, 0.25) is 0 Å². The first-order chi connectivity index (χ1) is 11.8. The molecular weight excluding hydrogens is 314 g/mol. The lowest BCUT2D eigenvalue weighted by atomic mass is 10.2. The average Bonchev–Trinajstić information content (AvgIpc) is 2.96. The third kappa shape index (κ3) is 2.72. The smallest absolute Gasteiger partial charge is 0.179 e. The molecule has 0 atom stereocenters. The number of aromatic amines is 1. The number of H-pyrrole nitrogens is 1. The lowest BCUT2D eigenvalue weighted by Gasteiger charge is -2.25. The van der Waals surface area contributed by atoms with Crippen molar-refractivity contribution in [3.05, 3.63) is 89.7 Å². The van der Waals surface area contributed by atoms with Crippen molar-refractivity contribution in [3.8, 4) is 0 Å². The van der Waals surface area contributed by atoms with Gasteiger partial charge in [0.05, 0.1) is 11.0 Å². The Bertz CT molecular complexity index is 964. The molecule has 4 heteroatoms. The third-order valence-corrected chi connectivity index (χ3v) is 4.42. The Morgan fingerprint density at radius 3 is 1.92 bits per heavy atom. The van der Waals surface area contributed by atoms with Crippen molar-refractivity contribution in [3.63, 3.8) is 0 Å². The van der Waals surface area contributed by atoms with Crippen LogP contribution in [0.25, 0.3) is 11.0 Å². The standard InChI is InChI=1S/C20H17N3S/c24-20-21-18-13-7-8-14-19(18)23(20)15-22(16-9-3-1-4-10-16)17-11-5-2-6-12-17/h1-14H,15H2,(H,21,24). The number of nitrogens with one attached hydrogen (secondary N) is 1. The van der Waals surface area contributed by atoms with E-state index < -0.39 is 0 Å². The molecule has 24 heavy (non-hydrogen) atoms. The van der Waals surface area contributed by atoms with Crippen LogP contribution in [0, 0.1) is 4.77 Å². The van der Waals surface area contributed by atoms with Crippen LogP contribution in [-0.2, 0) is 6.67 Å². The Hall–Kier alpha value is -2.85. The van der Waals surface area contributed by atoms with Crippen LogP contribution in [0.4, 0.5) is 11.4 Å². The zero-order valence-corrected chi connectivity index (χ0v) is 13.9. The summed E-state index contributed by atoms with van der Waals surface area (Å²) in [6.45, 7) is 0.650. The molecule has 3 aromatic carbocycles. The number of fused-ring (bicyclic) bond motifs is 1. The van der Waals surface area contributed by atoms with Crippen molar-refractivity contribution >= 4 is 34.6 Å². The number of benzene rings is 3. The molecule has 0 saturated carbocycles.